The van der Waals surface area contributed by atoms with Crippen LogP contribution in [0.5, 0.6) is 0 Å². The number of rotatable bonds is 3. The molecule has 1 amide bonds. The highest BCUT2D eigenvalue weighted by Gasteiger charge is 2.31. The van der Waals surface area contributed by atoms with Crippen molar-refractivity contribution in [2.45, 2.75) is 52.5 Å². The number of nitrogens with one attached hydrogen (secondary N) is 1. The molecule has 18 heavy (non-hydrogen) atoms. The first kappa shape index (κ1) is 13.1. The standard InChI is InChI=1S/C16H23NO/c1-4-12-7-5-6-8-14(12)15(18)17-13-9-10-16(2,3)11-13/h5-8,13H,4,9-11H2,1-3H3,(H,17,18). The lowest BCUT2D eigenvalue weighted by molar-refractivity contribution is 0.0935. The van der Waals surface area contributed by atoms with E-state index in [0.717, 1.165) is 30.4 Å². The molecule has 0 radical (unpaired) electrons. The van der Waals surface area contributed by atoms with Crippen LogP contribution >= 0.6 is 0 Å². The van der Waals surface area contributed by atoms with Gasteiger partial charge in [-0.2, -0.15) is 0 Å². The molecule has 0 aliphatic heterocycles. The van der Waals surface area contributed by atoms with Crippen molar-refractivity contribution in [1.82, 2.24) is 5.32 Å². The monoisotopic (exact) mass is 245 g/mol. The summed E-state index contributed by atoms with van der Waals surface area (Å²) in [6.45, 7) is 6.64. The minimum atomic E-state index is 0.0927. The summed E-state index contributed by atoms with van der Waals surface area (Å²) in [4.78, 5) is 12.3. The van der Waals surface area contributed by atoms with E-state index >= 15 is 0 Å². The van der Waals surface area contributed by atoms with Gasteiger partial charge in [0.25, 0.3) is 5.91 Å². The molecule has 1 fully saturated rings. The Morgan fingerprint density at radius 3 is 2.72 bits per heavy atom. The summed E-state index contributed by atoms with van der Waals surface area (Å²) in [5.41, 5.74) is 2.35. The van der Waals surface area contributed by atoms with Gasteiger partial charge < -0.3 is 5.32 Å². The van der Waals surface area contributed by atoms with Crippen molar-refractivity contribution in [1.29, 1.82) is 0 Å². The van der Waals surface area contributed by atoms with E-state index in [-0.39, 0.29) is 5.91 Å². The molecule has 1 aliphatic carbocycles. The lowest BCUT2D eigenvalue weighted by atomic mass is 9.92. The molecule has 0 bridgehead atoms. The fourth-order valence-corrected chi connectivity index (χ4v) is 2.87. The van der Waals surface area contributed by atoms with Gasteiger partial charge in [0.15, 0.2) is 0 Å². The van der Waals surface area contributed by atoms with E-state index in [1.54, 1.807) is 0 Å². The Balaban J connectivity index is 2.04. The number of amides is 1. The number of hydrogen-bond donors (Lipinski definition) is 1. The number of hydrogen-bond acceptors (Lipinski definition) is 1. The number of aryl methyl sites for hydroxylation is 1. The first-order valence-corrected chi connectivity index (χ1v) is 6.90. The maximum atomic E-state index is 12.3. The lowest BCUT2D eigenvalue weighted by Crippen LogP contribution is -2.34. The van der Waals surface area contributed by atoms with Gasteiger partial charge in [0, 0.05) is 11.6 Å². The van der Waals surface area contributed by atoms with E-state index in [1.165, 1.54) is 6.42 Å². The Morgan fingerprint density at radius 1 is 1.39 bits per heavy atom. The fraction of sp³-hybridized carbons (Fsp3) is 0.562. The fourth-order valence-electron chi connectivity index (χ4n) is 2.87. The smallest absolute Gasteiger partial charge is 0.251 e. The van der Waals surface area contributed by atoms with Gasteiger partial charge in [-0.15, -0.1) is 0 Å². The Morgan fingerprint density at radius 2 is 2.11 bits per heavy atom. The third kappa shape index (κ3) is 2.92. The quantitative estimate of drug-likeness (QED) is 0.866. The highest BCUT2D eigenvalue weighted by Crippen LogP contribution is 2.37. The molecule has 0 heterocycles. The second-order valence-corrected chi connectivity index (χ2v) is 6.09. The number of benzene rings is 1. The maximum absolute atomic E-state index is 12.3. The predicted molar refractivity (Wildman–Crippen MR) is 74.7 cm³/mol. The van der Waals surface area contributed by atoms with E-state index in [2.05, 4.69) is 26.1 Å². The minimum Gasteiger partial charge on any atom is -0.349 e. The average molecular weight is 245 g/mol. The van der Waals surface area contributed by atoms with E-state index in [1.807, 2.05) is 24.3 Å². The molecule has 1 saturated carbocycles. The second kappa shape index (κ2) is 5.13. The zero-order chi connectivity index (χ0) is 13.2. The molecule has 0 aromatic heterocycles. The number of carbonyl (C=O) groups excluding carboxylic acids is 1. The first-order valence-electron chi connectivity index (χ1n) is 6.90. The molecular weight excluding hydrogens is 222 g/mol. The topological polar surface area (TPSA) is 29.1 Å². The van der Waals surface area contributed by atoms with E-state index in [0.29, 0.717) is 11.5 Å². The molecule has 1 aliphatic rings. The van der Waals surface area contributed by atoms with Gasteiger partial charge in [0.1, 0.15) is 0 Å². The molecule has 1 aromatic rings. The Hall–Kier alpha value is -1.31. The largest absolute Gasteiger partial charge is 0.349 e. The van der Waals surface area contributed by atoms with Crippen LogP contribution in [0.15, 0.2) is 24.3 Å². The van der Waals surface area contributed by atoms with Crippen molar-refractivity contribution < 1.29 is 4.79 Å². The summed E-state index contributed by atoms with van der Waals surface area (Å²) in [6, 6.07) is 8.24. The molecule has 2 heteroatoms. The second-order valence-electron chi connectivity index (χ2n) is 6.09. The van der Waals surface area contributed by atoms with Crippen LogP contribution in [-0.2, 0) is 6.42 Å². The molecular formula is C16H23NO. The van der Waals surface area contributed by atoms with Gasteiger partial charge in [-0.1, -0.05) is 39.0 Å². The molecule has 1 atom stereocenters. The van der Waals surface area contributed by atoms with Crippen molar-refractivity contribution in [3.8, 4) is 0 Å². The third-order valence-corrected chi connectivity index (χ3v) is 3.95. The summed E-state index contributed by atoms with van der Waals surface area (Å²) >= 11 is 0. The average Bonchev–Trinajstić information content (AvgIpc) is 2.68. The SMILES string of the molecule is CCc1ccccc1C(=O)NC1CCC(C)(C)C1. The molecule has 1 N–H and O–H groups in total. The van der Waals surface area contributed by atoms with Crippen molar-refractivity contribution in [3.05, 3.63) is 35.4 Å². The van der Waals surface area contributed by atoms with Gasteiger partial charge in [-0.25, -0.2) is 0 Å². The Labute approximate surface area is 110 Å². The van der Waals surface area contributed by atoms with Crippen molar-refractivity contribution >= 4 is 5.91 Å². The van der Waals surface area contributed by atoms with Gasteiger partial charge in [-0.05, 0) is 42.7 Å². The van der Waals surface area contributed by atoms with Crippen LogP contribution in [0.2, 0.25) is 0 Å². The molecule has 2 nitrogen and oxygen atoms in total. The van der Waals surface area contributed by atoms with Crippen LogP contribution in [0.25, 0.3) is 0 Å². The Kier molecular flexibility index (Phi) is 3.74. The summed E-state index contributed by atoms with van der Waals surface area (Å²) in [5, 5.41) is 3.19. The summed E-state index contributed by atoms with van der Waals surface area (Å²) in [5.74, 6) is 0.0927. The highest BCUT2D eigenvalue weighted by atomic mass is 16.1. The molecule has 98 valence electrons. The Bertz CT molecular complexity index is 436. The molecule has 1 unspecified atom stereocenters. The normalized spacial score (nSPS) is 21.8. The van der Waals surface area contributed by atoms with E-state index < -0.39 is 0 Å². The summed E-state index contributed by atoms with van der Waals surface area (Å²) in [7, 11) is 0. The van der Waals surface area contributed by atoms with Gasteiger partial charge >= 0.3 is 0 Å². The number of carbonyl (C=O) groups is 1. The minimum absolute atomic E-state index is 0.0927. The van der Waals surface area contributed by atoms with Gasteiger partial charge in [0.05, 0.1) is 0 Å². The van der Waals surface area contributed by atoms with Crippen LogP contribution in [-0.4, -0.2) is 11.9 Å². The third-order valence-electron chi connectivity index (χ3n) is 3.95. The zero-order valence-electron chi connectivity index (χ0n) is 11.6. The maximum Gasteiger partial charge on any atom is 0.251 e. The molecule has 0 spiro atoms. The summed E-state index contributed by atoms with van der Waals surface area (Å²) < 4.78 is 0. The van der Waals surface area contributed by atoms with Crippen LogP contribution in [0, 0.1) is 5.41 Å². The van der Waals surface area contributed by atoms with Gasteiger partial charge in [0.2, 0.25) is 0 Å². The van der Waals surface area contributed by atoms with Crippen molar-refractivity contribution in [2.75, 3.05) is 0 Å². The van der Waals surface area contributed by atoms with E-state index in [9.17, 15) is 4.79 Å². The van der Waals surface area contributed by atoms with Gasteiger partial charge in [-0.3, -0.25) is 4.79 Å². The molecule has 0 saturated heterocycles. The molecule has 2 rings (SSSR count). The van der Waals surface area contributed by atoms with Crippen molar-refractivity contribution in [2.24, 2.45) is 5.41 Å². The highest BCUT2D eigenvalue weighted by molar-refractivity contribution is 5.95. The molecule has 1 aromatic carbocycles. The summed E-state index contributed by atoms with van der Waals surface area (Å²) in [6.07, 6.45) is 4.30. The van der Waals surface area contributed by atoms with Crippen LogP contribution in [0.1, 0.15) is 56.0 Å². The van der Waals surface area contributed by atoms with Crippen molar-refractivity contribution in [3.63, 3.8) is 0 Å². The van der Waals surface area contributed by atoms with Crippen LogP contribution in [0.3, 0.4) is 0 Å². The van der Waals surface area contributed by atoms with E-state index in [4.69, 9.17) is 0 Å². The lowest BCUT2D eigenvalue weighted by Gasteiger charge is -2.18. The van der Waals surface area contributed by atoms with Crippen LogP contribution in [0.4, 0.5) is 0 Å². The zero-order valence-corrected chi connectivity index (χ0v) is 11.6. The predicted octanol–water partition coefficient (Wildman–Crippen LogP) is 3.56. The van der Waals surface area contributed by atoms with Crippen LogP contribution < -0.4 is 5.32 Å². The first-order chi connectivity index (χ1) is 8.52.